The fraction of sp³-hybridized carbons (Fsp3) is 0.640. The number of Topliss-reactive ketones (excluding diaryl/α,β-unsaturated/α-hetero) is 1. The average molecular weight is 475 g/mol. The van der Waals surface area contributed by atoms with Gasteiger partial charge in [-0.15, -0.1) is 0 Å². The van der Waals surface area contributed by atoms with Gasteiger partial charge >= 0.3 is 29.6 Å². The van der Waals surface area contributed by atoms with E-state index in [1.807, 2.05) is 0 Å². The Bertz CT molecular complexity index is 775. The van der Waals surface area contributed by atoms with Crippen LogP contribution < -0.4 is 34.3 Å². The van der Waals surface area contributed by atoms with Gasteiger partial charge in [0.05, 0.1) is 17.6 Å². The summed E-state index contributed by atoms with van der Waals surface area (Å²) in [6.45, 7) is 2.24. The fourth-order valence-corrected chi connectivity index (χ4v) is 4.30. The minimum absolute atomic E-state index is 0. The van der Waals surface area contributed by atoms with Crippen LogP contribution in [0.2, 0.25) is 0 Å². The second-order valence-electron chi connectivity index (χ2n) is 8.05. The van der Waals surface area contributed by atoms with Gasteiger partial charge < -0.3 is 9.29 Å². The molecule has 0 heterocycles. The van der Waals surface area contributed by atoms with Gasteiger partial charge in [0.25, 0.3) is 0 Å². The van der Waals surface area contributed by atoms with Gasteiger partial charge in [0.2, 0.25) is 0 Å². The minimum Gasteiger partial charge on any atom is -0.744 e. The summed E-state index contributed by atoms with van der Waals surface area (Å²) in [7, 11) is -3.42. The number of para-hydroxylation sites is 1. The second kappa shape index (κ2) is 18.7. The Balaban J connectivity index is 0.00000961. The quantitative estimate of drug-likeness (QED) is 0.106. The maximum Gasteiger partial charge on any atom is 1.00 e. The molecule has 0 aliphatic heterocycles. The van der Waals surface area contributed by atoms with Crippen molar-refractivity contribution in [1.82, 2.24) is 0 Å². The van der Waals surface area contributed by atoms with Crippen molar-refractivity contribution in [2.75, 3.05) is 7.11 Å². The third kappa shape index (κ3) is 13.1. The van der Waals surface area contributed by atoms with Crippen LogP contribution in [0.5, 0.6) is 5.75 Å². The van der Waals surface area contributed by atoms with Crippen LogP contribution >= 0.6 is 0 Å². The third-order valence-corrected chi connectivity index (χ3v) is 6.28. The zero-order valence-electron chi connectivity index (χ0n) is 20.2. The first-order valence-corrected chi connectivity index (χ1v) is 13.1. The maximum atomic E-state index is 12.5. The van der Waals surface area contributed by atoms with Crippen LogP contribution in [-0.4, -0.2) is 25.9 Å². The van der Waals surface area contributed by atoms with Crippen LogP contribution in [0.4, 0.5) is 0 Å². The molecular formula is C25H39NaO5S. The third-order valence-electron chi connectivity index (χ3n) is 5.42. The summed E-state index contributed by atoms with van der Waals surface area (Å²) >= 11 is 0. The zero-order chi connectivity index (χ0) is 23.0. The number of hydrogen-bond acceptors (Lipinski definition) is 5. The number of hydrogen-bond donors (Lipinski definition) is 0. The Morgan fingerprint density at radius 1 is 0.906 bits per heavy atom. The van der Waals surface area contributed by atoms with Crippen molar-refractivity contribution >= 4 is 15.9 Å². The van der Waals surface area contributed by atoms with E-state index in [4.69, 9.17) is 4.74 Å². The largest absolute Gasteiger partial charge is 1.00 e. The first-order valence-electron chi connectivity index (χ1n) is 11.7. The standard InChI is InChI=1S/C25H40O5S.Na/c1-3-4-5-6-7-8-9-10-11-12-13-14-15-16-17-20-23(26)22-19-18-21-24(25(22)30-2)31(27,28)29;/h10-11,18-19,21H,3-9,12-17,20H2,1-2H3,(H,27,28,29);/q;+1/p-1/b11-10-;. The Morgan fingerprint density at radius 3 is 1.97 bits per heavy atom. The van der Waals surface area contributed by atoms with E-state index in [1.54, 1.807) is 0 Å². The molecule has 0 fully saturated rings. The fourth-order valence-electron chi connectivity index (χ4n) is 3.63. The Labute approximate surface area is 217 Å². The molecule has 0 bridgehead atoms. The summed E-state index contributed by atoms with van der Waals surface area (Å²) < 4.78 is 39.1. The molecule has 1 rings (SSSR count). The van der Waals surface area contributed by atoms with E-state index in [9.17, 15) is 17.8 Å². The Morgan fingerprint density at radius 2 is 1.44 bits per heavy atom. The number of rotatable bonds is 18. The summed E-state index contributed by atoms with van der Waals surface area (Å²) in [4.78, 5) is 12.0. The topological polar surface area (TPSA) is 83.5 Å². The summed E-state index contributed by atoms with van der Waals surface area (Å²) in [5.41, 5.74) is 0.162. The normalized spacial score (nSPS) is 11.5. The van der Waals surface area contributed by atoms with Gasteiger partial charge in [-0.3, -0.25) is 4.79 Å². The van der Waals surface area contributed by atoms with E-state index in [0.717, 1.165) is 38.5 Å². The predicted octanol–water partition coefficient (Wildman–Crippen LogP) is 3.82. The first-order chi connectivity index (χ1) is 14.9. The number of ketones is 1. The number of carbonyl (C=O) groups excluding carboxylic acids is 1. The van der Waals surface area contributed by atoms with Crippen LogP contribution in [0.1, 0.15) is 107 Å². The molecule has 0 spiro atoms. The molecule has 7 heteroatoms. The van der Waals surface area contributed by atoms with Crippen molar-refractivity contribution in [3.05, 3.63) is 35.9 Å². The summed E-state index contributed by atoms with van der Waals surface area (Å²) in [6.07, 6.45) is 20.3. The summed E-state index contributed by atoms with van der Waals surface area (Å²) in [5.74, 6) is -0.338. The van der Waals surface area contributed by atoms with E-state index < -0.39 is 15.0 Å². The van der Waals surface area contributed by atoms with Crippen LogP contribution in [0, 0.1) is 0 Å². The Kier molecular flexibility index (Phi) is 18.3. The number of unbranched alkanes of at least 4 members (excludes halogenated alkanes) is 11. The maximum absolute atomic E-state index is 12.5. The number of ether oxygens (including phenoxy) is 1. The van der Waals surface area contributed by atoms with Crippen molar-refractivity contribution in [3.63, 3.8) is 0 Å². The van der Waals surface area contributed by atoms with Crippen molar-refractivity contribution < 1.29 is 52.1 Å². The SMILES string of the molecule is CCCCCCCC/C=C\CCCCCCCC(=O)c1cccc(S(=O)(=O)[O-])c1OC.[Na+]. The summed E-state index contributed by atoms with van der Waals surface area (Å²) in [5, 5.41) is 0. The molecule has 0 amide bonds. The van der Waals surface area contributed by atoms with Crippen molar-refractivity contribution in [3.8, 4) is 5.75 Å². The number of methoxy groups -OCH3 is 1. The zero-order valence-corrected chi connectivity index (χ0v) is 23.1. The van der Waals surface area contributed by atoms with Gasteiger partial charge in [-0.2, -0.15) is 0 Å². The Hall–Kier alpha value is -0.660. The van der Waals surface area contributed by atoms with Crippen molar-refractivity contribution in [2.24, 2.45) is 0 Å². The minimum atomic E-state index is -4.69. The van der Waals surface area contributed by atoms with E-state index in [1.165, 1.54) is 70.3 Å². The first kappa shape index (κ1) is 31.3. The number of carbonyl (C=O) groups is 1. The molecule has 0 atom stereocenters. The smallest absolute Gasteiger partial charge is 0.744 e. The molecule has 0 aliphatic rings. The molecule has 32 heavy (non-hydrogen) atoms. The van der Waals surface area contributed by atoms with Gasteiger partial charge in [-0.05, 0) is 44.2 Å². The van der Waals surface area contributed by atoms with Crippen molar-refractivity contribution in [1.29, 1.82) is 0 Å². The summed E-state index contributed by atoms with van der Waals surface area (Å²) in [6, 6.07) is 4.08. The van der Waals surface area contributed by atoms with E-state index in [2.05, 4.69) is 19.1 Å². The molecule has 0 N–H and O–H groups in total. The molecule has 1 aromatic carbocycles. The van der Waals surface area contributed by atoms with Crippen LogP contribution in [0.25, 0.3) is 0 Å². The molecule has 0 unspecified atom stereocenters. The molecule has 0 radical (unpaired) electrons. The van der Waals surface area contributed by atoms with Gasteiger partial charge in [0.15, 0.2) is 5.78 Å². The predicted molar refractivity (Wildman–Crippen MR) is 125 cm³/mol. The van der Waals surface area contributed by atoms with E-state index >= 15 is 0 Å². The van der Waals surface area contributed by atoms with Crippen LogP contribution in [-0.2, 0) is 10.1 Å². The number of allylic oxidation sites excluding steroid dienone is 2. The molecule has 1 aromatic rings. The van der Waals surface area contributed by atoms with Gasteiger partial charge in [0.1, 0.15) is 15.9 Å². The number of benzene rings is 1. The average Bonchev–Trinajstić information content (AvgIpc) is 2.75. The molecule has 176 valence electrons. The van der Waals surface area contributed by atoms with Gasteiger partial charge in [-0.25, -0.2) is 8.42 Å². The van der Waals surface area contributed by atoms with Gasteiger partial charge in [-0.1, -0.05) is 76.5 Å². The molecule has 0 saturated carbocycles. The molecule has 0 aliphatic carbocycles. The molecule has 5 nitrogen and oxygen atoms in total. The van der Waals surface area contributed by atoms with Crippen LogP contribution in [0.3, 0.4) is 0 Å². The second-order valence-corrected chi connectivity index (χ2v) is 9.40. The van der Waals surface area contributed by atoms with E-state index in [0.29, 0.717) is 6.42 Å². The van der Waals surface area contributed by atoms with Gasteiger partial charge in [0, 0.05) is 6.42 Å². The molecular weight excluding hydrogens is 435 g/mol. The molecule has 0 saturated heterocycles. The van der Waals surface area contributed by atoms with Crippen LogP contribution in [0.15, 0.2) is 35.2 Å². The molecule has 0 aromatic heterocycles. The van der Waals surface area contributed by atoms with E-state index in [-0.39, 0.29) is 46.7 Å². The van der Waals surface area contributed by atoms with Crippen molar-refractivity contribution in [2.45, 2.75) is 102 Å². The monoisotopic (exact) mass is 474 g/mol.